The molecule has 0 aromatic carbocycles. The summed E-state index contributed by atoms with van der Waals surface area (Å²) in [6.07, 6.45) is 1.95. The fourth-order valence-corrected chi connectivity index (χ4v) is 6.23. The molecule has 0 aliphatic carbocycles. The largest absolute Gasteiger partial charge is 0.492 e. The van der Waals surface area contributed by atoms with Crippen molar-refractivity contribution in [3.63, 3.8) is 0 Å². The Bertz CT molecular complexity index is 480. The number of methoxy groups -OCH3 is 1. The summed E-state index contributed by atoms with van der Waals surface area (Å²) in [5, 5.41) is 11.2. The van der Waals surface area contributed by atoms with Gasteiger partial charge < -0.3 is 4.74 Å². The molecule has 0 bridgehead atoms. The Morgan fingerprint density at radius 3 is 2.35 bits per heavy atom. The predicted octanol–water partition coefficient (Wildman–Crippen LogP) is 2.83. The number of pyridine rings is 1. The predicted molar refractivity (Wildman–Crippen MR) is 83.0 cm³/mol. The fraction of sp³-hybridized carbons (Fsp3) is 0.455. The molecule has 3 nitrogen and oxygen atoms in total. The molecule has 6 heteroatoms. The summed E-state index contributed by atoms with van der Waals surface area (Å²) in [4.78, 5) is 4.68. The Morgan fingerprint density at radius 2 is 2.00 bits per heavy atom. The molecule has 0 saturated heterocycles. The van der Waals surface area contributed by atoms with Crippen LogP contribution in [-0.4, -0.2) is 26.4 Å². The van der Waals surface area contributed by atoms with Gasteiger partial charge in [-0.3, -0.25) is 0 Å². The first kappa shape index (κ1) is 14.8. The van der Waals surface area contributed by atoms with Gasteiger partial charge in [0, 0.05) is 5.32 Å². The van der Waals surface area contributed by atoms with E-state index in [0.29, 0.717) is 11.3 Å². The lowest BCUT2D eigenvalue weighted by Crippen LogP contribution is -2.43. The van der Waals surface area contributed by atoms with Crippen LogP contribution in [-0.2, 0) is 0 Å². The molecular weight excluding hydrogens is 363 g/mol. The maximum absolute atomic E-state index is 9.28. The second-order valence-corrected chi connectivity index (χ2v) is 11.4. The molecule has 0 amide bonds. The quantitative estimate of drug-likeness (QED) is 0.461. The van der Waals surface area contributed by atoms with Gasteiger partial charge in [-0.1, -0.05) is 19.6 Å². The minimum atomic E-state index is -1.55. The van der Waals surface area contributed by atoms with E-state index in [4.69, 9.17) is 4.74 Å². The van der Waals surface area contributed by atoms with E-state index in [1.165, 1.54) is 11.8 Å². The Balaban J connectivity index is 3.65. The number of thioether (sulfide) groups is 1. The molecule has 0 aliphatic rings. The minimum Gasteiger partial charge on any atom is -0.492 e. The average molecular weight is 378 g/mol. The summed E-state index contributed by atoms with van der Waals surface area (Å²) in [6, 6.07) is 2.24. The highest BCUT2D eigenvalue weighted by Gasteiger charge is 2.27. The average Bonchev–Trinajstić information content (AvgIpc) is 2.26. The lowest BCUT2D eigenvalue weighted by molar-refractivity contribution is 0.399. The topological polar surface area (TPSA) is 45.9 Å². The molecule has 1 rings (SSSR count). The summed E-state index contributed by atoms with van der Waals surface area (Å²) in [7, 11) is 0.0377. The molecular formula is C11H15IN2OSSi. The number of aromatic nitrogens is 1. The van der Waals surface area contributed by atoms with Crippen molar-refractivity contribution in [3.05, 3.63) is 9.13 Å². The van der Waals surface area contributed by atoms with Crippen molar-refractivity contribution in [2.24, 2.45) is 0 Å². The highest BCUT2D eigenvalue weighted by atomic mass is 127. The van der Waals surface area contributed by atoms with Crippen molar-refractivity contribution in [3.8, 4) is 11.8 Å². The Hall–Kier alpha value is -0.263. The smallest absolute Gasteiger partial charge is 0.169 e. The third-order valence-electron chi connectivity index (χ3n) is 2.28. The van der Waals surface area contributed by atoms with E-state index >= 15 is 0 Å². The van der Waals surface area contributed by atoms with Crippen LogP contribution < -0.4 is 10.1 Å². The molecule has 0 radical (unpaired) electrons. The lowest BCUT2D eigenvalue weighted by Gasteiger charge is -2.20. The number of ether oxygens (including phenoxy) is 1. The zero-order chi connectivity index (χ0) is 13.2. The molecule has 0 fully saturated rings. The molecule has 17 heavy (non-hydrogen) atoms. The van der Waals surface area contributed by atoms with Crippen LogP contribution in [0, 0.1) is 14.9 Å². The van der Waals surface area contributed by atoms with Gasteiger partial charge in [0.1, 0.15) is 24.7 Å². The third-order valence-corrected chi connectivity index (χ3v) is 6.29. The third kappa shape index (κ3) is 2.95. The minimum absolute atomic E-state index is 0.603. The van der Waals surface area contributed by atoms with Crippen LogP contribution in [0.1, 0.15) is 5.56 Å². The molecule has 0 atom stereocenters. The first-order valence-corrected chi connectivity index (χ1v) is 10.9. The van der Waals surface area contributed by atoms with Crippen LogP contribution in [0.3, 0.4) is 0 Å². The summed E-state index contributed by atoms with van der Waals surface area (Å²) < 4.78 is 6.25. The monoisotopic (exact) mass is 378 g/mol. The van der Waals surface area contributed by atoms with E-state index in [-0.39, 0.29) is 0 Å². The molecule has 92 valence electrons. The van der Waals surface area contributed by atoms with Gasteiger partial charge in [-0.25, -0.2) is 4.98 Å². The van der Waals surface area contributed by atoms with Gasteiger partial charge in [0.15, 0.2) is 5.75 Å². The van der Waals surface area contributed by atoms with Crippen molar-refractivity contribution in [2.75, 3.05) is 13.4 Å². The van der Waals surface area contributed by atoms with Crippen LogP contribution in [0.5, 0.6) is 5.75 Å². The van der Waals surface area contributed by atoms with Gasteiger partial charge in [0.25, 0.3) is 0 Å². The number of halogens is 1. The molecule has 0 N–H and O–H groups in total. The van der Waals surface area contributed by atoms with Gasteiger partial charge in [-0.05, 0) is 28.8 Å². The van der Waals surface area contributed by atoms with E-state index < -0.39 is 8.07 Å². The van der Waals surface area contributed by atoms with Crippen molar-refractivity contribution in [1.82, 2.24) is 4.98 Å². The maximum Gasteiger partial charge on any atom is 0.169 e. The second kappa shape index (κ2) is 5.59. The molecule has 1 aromatic heterocycles. The Kier molecular flexibility index (Phi) is 4.86. The van der Waals surface area contributed by atoms with E-state index in [2.05, 4.69) is 53.3 Å². The highest BCUT2D eigenvalue weighted by molar-refractivity contribution is 14.1. The van der Waals surface area contributed by atoms with Crippen molar-refractivity contribution >= 4 is 47.7 Å². The van der Waals surface area contributed by atoms with Gasteiger partial charge in [-0.15, -0.1) is 11.8 Å². The van der Waals surface area contributed by atoms with Gasteiger partial charge >= 0.3 is 0 Å². The molecule has 0 saturated carbocycles. The number of nitriles is 1. The lowest BCUT2D eigenvalue weighted by atomic mass is 10.3. The van der Waals surface area contributed by atoms with E-state index in [0.717, 1.165) is 13.9 Å². The van der Waals surface area contributed by atoms with Crippen molar-refractivity contribution in [2.45, 2.75) is 24.7 Å². The summed E-state index contributed by atoms with van der Waals surface area (Å²) >= 11 is 3.73. The maximum atomic E-state index is 9.28. The van der Waals surface area contributed by atoms with Crippen LogP contribution in [0.25, 0.3) is 0 Å². The molecule has 0 unspecified atom stereocenters. The van der Waals surface area contributed by atoms with Gasteiger partial charge in [0.05, 0.1) is 10.7 Å². The normalized spacial score (nSPS) is 11.1. The first-order chi connectivity index (χ1) is 7.86. The summed E-state index contributed by atoms with van der Waals surface area (Å²) in [5.74, 6) is 0.603. The van der Waals surface area contributed by atoms with E-state index in [1.807, 2.05) is 6.26 Å². The van der Waals surface area contributed by atoms with Crippen molar-refractivity contribution in [1.29, 1.82) is 5.26 Å². The summed E-state index contributed by atoms with van der Waals surface area (Å²) in [5.41, 5.74) is 0.616. The van der Waals surface area contributed by atoms with E-state index in [9.17, 15) is 5.26 Å². The molecule has 1 heterocycles. The molecule has 1 aromatic rings. The highest BCUT2D eigenvalue weighted by Crippen LogP contribution is 2.31. The van der Waals surface area contributed by atoms with Crippen LogP contribution in [0.4, 0.5) is 0 Å². The van der Waals surface area contributed by atoms with Crippen LogP contribution in [0.15, 0.2) is 5.03 Å². The number of hydrogen-bond donors (Lipinski definition) is 0. The zero-order valence-electron chi connectivity index (χ0n) is 10.6. The van der Waals surface area contributed by atoms with E-state index in [1.54, 1.807) is 7.11 Å². The Morgan fingerprint density at radius 1 is 1.41 bits per heavy atom. The van der Waals surface area contributed by atoms with Gasteiger partial charge in [-0.2, -0.15) is 5.26 Å². The van der Waals surface area contributed by atoms with Gasteiger partial charge in [0.2, 0.25) is 0 Å². The molecule has 0 spiro atoms. The number of hydrogen-bond acceptors (Lipinski definition) is 4. The zero-order valence-corrected chi connectivity index (χ0v) is 14.6. The number of rotatable bonds is 3. The fourth-order valence-electron chi connectivity index (χ4n) is 1.45. The molecule has 0 aliphatic heterocycles. The SMILES string of the molecule is COc1c(SC)nc([Si](C)(C)C)c(I)c1C#N. The van der Waals surface area contributed by atoms with Crippen LogP contribution >= 0.6 is 34.4 Å². The summed E-state index contributed by atoms with van der Waals surface area (Å²) in [6.45, 7) is 6.69. The number of nitrogens with zero attached hydrogens (tertiary/aromatic N) is 2. The van der Waals surface area contributed by atoms with Crippen LogP contribution in [0.2, 0.25) is 19.6 Å². The second-order valence-electron chi connectivity index (χ2n) is 4.55. The van der Waals surface area contributed by atoms with Crippen molar-refractivity contribution < 1.29 is 4.74 Å². The standard InChI is InChI=1S/C11H15IN2OSSi/c1-15-9-7(6-13)8(12)11(17(3,4)5)14-10(9)16-2/h1-5H3. The Labute approximate surface area is 121 Å². The first-order valence-electron chi connectivity index (χ1n) is 5.08.